The van der Waals surface area contributed by atoms with Gasteiger partial charge >= 0.3 is 17.9 Å². The van der Waals surface area contributed by atoms with Crippen LogP contribution in [0, 0.1) is 11.8 Å². The van der Waals surface area contributed by atoms with Crippen LogP contribution in [0.25, 0.3) is 0 Å². The molecular formula is C17H16O8. The van der Waals surface area contributed by atoms with Gasteiger partial charge in [-0.25, -0.2) is 9.59 Å². The molecule has 2 bridgehead atoms. The molecule has 132 valence electrons. The van der Waals surface area contributed by atoms with Gasteiger partial charge < -0.3 is 14.2 Å². The number of rotatable bonds is 3. The lowest BCUT2D eigenvalue weighted by atomic mass is 9.57. The highest BCUT2D eigenvalue weighted by Gasteiger charge is 2.65. The first-order valence-electron chi connectivity index (χ1n) is 7.68. The molecule has 0 aromatic carbocycles. The Morgan fingerprint density at radius 1 is 1.12 bits per heavy atom. The summed E-state index contributed by atoms with van der Waals surface area (Å²) in [5, 5.41) is 0. The molecule has 1 aliphatic heterocycles. The number of ether oxygens (including phenoxy) is 3. The topological polar surface area (TPSA) is 113 Å². The van der Waals surface area contributed by atoms with E-state index in [1.807, 2.05) is 0 Å². The molecule has 1 saturated heterocycles. The van der Waals surface area contributed by atoms with Crippen LogP contribution < -0.4 is 0 Å². The summed E-state index contributed by atoms with van der Waals surface area (Å²) in [7, 11) is 2.25. The lowest BCUT2D eigenvalue weighted by Crippen LogP contribution is -2.59. The third kappa shape index (κ3) is 2.16. The standard InChI is InChI=1S/C17H16O8/c1-7(18)8-6-9-11(15(21)23-2)12(16(22)24-3)13(8)17(14(9)20)5-4-10(19)25-17/h6,9,13H,4-5H2,1-3H3/t9-,13+,17-/m1/s1. The Hall–Kier alpha value is -2.77. The van der Waals surface area contributed by atoms with Crippen LogP contribution in [0.15, 0.2) is 22.8 Å². The van der Waals surface area contributed by atoms with Crippen molar-refractivity contribution in [2.75, 3.05) is 14.2 Å². The van der Waals surface area contributed by atoms with Gasteiger partial charge in [0.25, 0.3) is 0 Å². The molecule has 0 N–H and O–H groups in total. The third-order valence-electron chi connectivity index (χ3n) is 4.93. The molecule has 3 aliphatic carbocycles. The van der Waals surface area contributed by atoms with Crippen LogP contribution in [0.2, 0.25) is 0 Å². The van der Waals surface area contributed by atoms with Gasteiger partial charge in [-0.1, -0.05) is 6.08 Å². The van der Waals surface area contributed by atoms with Crippen molar-refractivity contribution >= 4 is 29.5 Å². The number of carbonyl (C=O) groups excluding carboxylic acids is 5. The maximum Gasteiger partial charge on any atom is 0.335 e. The SMILES string of the molecule is COC(=O)C1=C(C(=O)OC)[C@@H]2C(C(C)=O)=C[C@H]1C(=O)[C@@]21CCC(=O)O1. The summed E-state index contributed by atoms with van der Waals surface area (Å²) < 4.78 is 14.8. The molecule has 25 heavy (non-hydrogen) atoms. The predicted molar refractivity (Wildman–Crippen MR) is 79.9 cm³/mol. The van der Waals surface area contributed by atoms with Crippen LogP contribution in [-0.2, 0) is 38.2 Å². The average molecular weight is 348 g/mol. The van der Waals surface area contributed by atoms with Crippen molar-refractivity contribution in [3.63, 3.8) is 0 Å². The van der Waals surface area contributed by atoms with Gasteiger partial charge in [0, 0.05) is 18.4 Å². The largest absolute Gasteiger partial charge is 0.466 e. The molecule has 1 spiro atoms. The molecule has 4 aliphatic rings. The van der Waals surface area contributed by atoms with Gasteiger partial charge in [0.15, 0.2) is 17.2 Å². The van der Waals surface area contributed by atoms with E-state index in [2.05, 4.69) is 0 Å². The number of carbonyl (C=O) groups is 5. The normalized spacial score (nSPS) is 30.3. The van der Waals surface area contributed by atoms with Crippen molar-refractivity contribution in [1.82, 2.24) is 0 Å². The van der Waals surface area contributed by atoms with Crippen LogP contribution in [-0.4, -0.2) is 49.3 Å². The first kappa shape index (κ1) is 17.1. The van der Waals surface area contributed by atoms with Crippen LogP contribution in [0.3, 0.4) is 0 Å². The van der Waals surface area contributed by atoms with Gasteiger partial charge in [-0.15, -0.1) is 0 Å². The fourth-order valence-corrected chi connectivity index (χ4v) is 3.91. The molecular weight excluding hydrogens is 332 g/mol. The van der Waals surface area contributed by atoms with Gasteiger partial charge in [-0.3, -0.25) is 14.4 Å². The summed E-state index contributed by atoms with van der Waals surface area (Å²) in [4.78, 5) is 61.4. The molecule has 0 aromatic rings. The number of esters is 3. The van der Waals surface area contributed by atoms with E-state index in [4.69, 9.17) is 14.2 Å². The zero-order chi connectivity index (χ0) is 18.5. The zero-order valence-corrected chi connectivity index (χ0v) is 13.9. The summed E-state index contributed by atoms with van der Waals surface area (Å²) in [5.74, 6) is -5.59. The van der Waals surface area contributed by atoms with E-state index in [1.54, 1.807) is 0 Å². The summed E-state index contributed by atoms with van der Waals surface area (Å²) in [6.07, 6.45) is 1.37. The summed E-state index contributed by atoms with van der Waals surface area (Å²) in [5.41, 5.74) is -1.81. The molecule has 8 heteroatoms. The zero-order valence-electron chi connectivity index (χ0n) is 13.9. The van der Waals surface area contributed by atoms with Crippen molar-refractivity contribution in [2.24, 2.45) is 11.8 Å². The van der Waals surface area contributed by atoms with E-state index in [1.165, 1.54) is 13.0 Å². The van der Waals surface area contributed by atoms with Crippen molar-refractivity contribution in [3.05, 3.63) is 22.8 Å². The molecule has 0 unspecified atom stereocenters. The van der Waals surface area contributed by atoms with E-state index in [0.717, 1.165) is 14.2 Å². The lowest BCUT2D eigenvalue weighted by molar-refractivity contribution is -0.165. The lowest BCUT2D eigenvalue weighted by Gasteiger charge is -2.46. The van der Waals surface area contributed by atoms with Gasteiger partial charge in [-0.05, 0) is 6.92 Å². The maximum atomic E-state index is 13.0. The second-order valence-electron chi connectivity index (χ2n) is 6.13. The molecule has 1 fully saturated rings. The Balaban J connectivity index is 2.31. The van der Waals surface area contributed by atoms with E-state index in [0.29, 0.717) is 0 Å². The Morgan fingerprint density at radius 3 is 2.20 bits per heavy atom. The molecule has 3 atom stereocenters. The van der Waals surface area contributed by atoms with Gasteiger partial charge in [-0.2, -0.15) is 0 Å². The summed E-state index contributed by atoms with van der Waals surface area (Å²) in [6.45, 7) is 1.29. The maximum absolute atomic E-state index is 13.0. The smallest absolute Gasteiger partial charge is 0.335 e. The molecule has 1 heterocycles. The predicted octanol–water partition coefficient (Wildman–Crippen LogP) is 0.0489. The highest BCUT2D eigenvalue weighted by Crippen LogP contribution is 2.54. The van der Waals surface area contributed by atoms with E-state index in [9.17, 15) is 24.0 Å². The fourth-order valence-electron chi connectivity index (χ4n) is 3.91. The first-order valence-corrected chi connectivity index (χ1v) is 7.68. The van der Waals surface area contributed by atoms with Gasteiger partial charge in [0.2, 0.25) is 0 Å². The number of Topliss-reactive ketones (excluding diaryl/α,β-unsaturated/α-hetero) is 2. The fraction of sp³-hybridized carbons (Fsp3) is 0.471. The molecule has 0 aromatic heterocycles. The second kappa shape index (κ2) is 5.65. The number of hydrogen-bond donors (Lipinski definition) is 0. The van der Waals surface area contributed by atoms with Crippen LogP contribution in [0.1, 0.15) is 19.8 Å². The molecule has 0 saturated carbocycles. The quantitative estimate of drug-likeness (QED) is 0.519. The van der Waals surface area contributed by atoms with Gasteiger partial charge in [0.05, 0.1) is 37.2 Å². The summed E-state index contributed by atoms with van der Waals surface area (Å²) in [6, 6.07) is 0. The van der Waals surface area contributed by atoms with Crippen molar-refractivity contribution in [1.29, 1.82) is 0 Å². The Labute approximate surface area is 142 Å². The highest BCUT2D eigenvalue weighted by molar-refractivity contribution is 6.16. The van der Waals surface area contributed by atoms with E-state index in [-0.39, 0.29) is 35.3 Å². The van der Waals surface area contributed by atoms with Crippen LogP contribution >= 0.6 is 0 Å². The van der Waals surface area contributed by atoms with Crippen LogP contribution in [0.4, 0.5) is 0 Å². The molecule has 8 nitrogen and oxygen atoms in total. The highest BCUT2D eigenvalue weighted by atomic mass is 16.6. The average Bonchev–Trinajstić information content (AvgIpc) is 2.98. The minimum absolute atomic E-state index is 0.0118. The van der Waals surface area contributed by atoms with Crippen molar-refractivity contribution in [2.45, 2.75) is 25.4 Å². The number of hydrogen-bond acceptors (Lipinski definition) is 8. The minimum Gasteiger partial charge on any atom is -0.466 e. The van der Waals surface area contributed by atoms with E-state index >= 15 is 0 Å². The molecule has 0 radical (unpaired) electrons. The second-order valence-corrected chi connectivity index (χ2v) is 6.13. The number of allylic oxidation sites excluding steroid dienone is 1. The number of methoxy groups -OCH3 is 2. The monoisotopic (exact) mass is 348 g/mol. The van der Waals surface area contributed by atoms with Crippen molar-refractivity contribution in [3.8, 4) is 0 Å². The third-order valence-corrected chi connectivity index (χ3v) is 4.93. The minimum atomic E-state index is -1.65. The van der Waals surface area contributed by atoms with E-state index < -0.39 is 41.1 Å². The number of ketones is 2. The summed E-state index contributed by atoms with van der Waals surface area (Å²) >= 11 is 0. The van der Waals surface area contributed by atoms with Crippen molar-refractivity contribution < 1.29 is 38.2 Å². The molecule has 4 rings (SSSR count). The van der Waals surface area contributed by atoms with Gasteiger partial charge in [0.1, 0.15) is 0 Å². The molecule has 0 amide bonds. The van der Waals surface area contributed by atoms with Crippen LogP contribution in [0.5, 0.6) is 0 Å². The first-order chi connectivity index (χ1) is 11.8. The Bertz CT molecular complexity index is 786. The Morgan fingerprint density at radius 2 is 1.72 bits per heavy atom. The Kier molecular flexibility index (Phi) is 3.85.